The van der Waals surface area contributed by atoms with Crippen molar-refractivity contribution in [3.05, 3.63) is 112 Å². The van der Waals surface area contributed by atoms with Crippen molar-refractivity contribution < 1.29 is 44.6 Å². The van der Waals surface area contributed by atoms with Crippen molar-refractivity contribution in [1.29, 1.82) is 0 Å². The van der Waals surface area contributed by atoms with Crippen LogP contribution < -0.4 is 34.7 Å². The third-order valence-electron chi connectivity index (χ3n) is 7.82. The first-order valence-electron chi connectivity index (χ1n) is 14.1. The van der Waals surface area contributed by atoms with E-state index in [1.165, 1.54) is 5.56 Å². The predicted octanol–water partition coefficient (Wildman–Crippen LogP) is 4.62. The van der Waals surface area contributed by atoms with Crippen molar-refractivity contribution in [3.8, 4) is 0 Å². The summed E-state index contributed by atoms with van der Waals surface area (Å²) in [5.41, 5.74) is 5.03. The minimum atomic E-state index is -0.963. The van der Waals surface area contributed by atoms with Crippen LogP contribution in [0.4, 0.5) is 0 Å². The zero-order valence-electron chi connectivity index (χ0n) is 24.5. The van der Waals surface area contributed by atoms with Crippen LogP contribution in [0.1, 0.15) is 72.7 Å². The van der Waals surface area contributed by atoms with E-state index in [4.69, 9.17) is 16.6 Å². The number of carbonyl (C=O) groups excluding carboxylic acids is 1. The summed E-state index contributed by atoms with van der Waals surface area (Å²) in [7, 11) is 0. The summed E-state index contributed by atoms with van der Waals surface area (Å²) in [6, 6.07) is 26.4. The van der Waals surface area contributed by atoms with Gasteiger partial charge in [-0.25, -0.2) is 4.98 Å². The number of pyridine rings is 1. The second-order valence-corrected chi connectivity index (χ2v) is 13.3. The molecule has 5 rings (SSSR count). The Balaban J connectivity index is 0.00000405. The summed E-state index contributed by atoms with van der Waals surface area (Å²) < 4.78 is 0. The number of aromatic nitrogens is 1. The SMILES string of the molecule is CC(C)(O)c1ccccc1CC[C@H](SCC1(CC(=O)[O-])CC1)c1cccc(/C=C/c2ccc3ccc(Cl)cc3n2)c1.[Na+]. The van der Waals surface area contributed by atoms with E-state index in [9.17, 15) is 15.0 Å². The molecule has 0 bridgehead atoms. The molecule has 0 unspecified atom stereocenters. The average molecular weight is 608 g/mol. The number of carbonyl (C=O) groups is 1. The maximum atomic E-state index is 11.4. The van der Waals surface area contributed by atoms with E-state index >= 15 is 0 Å². The fourth-order valence-corrected chi connectivity index (χ4v) is 7.08. The summed E-state index contributed by atoms with van der Waals surface area (Å²) in [4.78, 5) is 16.1. The van der Waals surface area contributed by atoms with Crippen LogP contribution in [0.5, 0.6) is 0 Å². The van der Waals surface area contributed by atoms with Gasteiger partial charge in [0, 0.05) is 21.6 Å². The molecule has 0 spiro atoms. The molecular weight excluding hydrogens is 573 g/mol. The van der Waals surface area contributed by atoms with Crippen LogP contribution >= 0.6 is 23.4 Å². The largest absolute Gasteiger partial charge is 1.00 e. The molecule has 212 valence electrons. The quantitative estimate of drug-likeness (QED) is 0.238. The first kappa shape index (κ1) is 32.8. The molecule has 7 heteroatoms. The van der Waals surface area contributed by atoms with Crippen LogP contribution in [-0.4, -0.2) is 21.8 Å². The number of carboxylic acids is 1. The molecule has 1 aliphatic carbocycles. The predicted molar refractivity (Wildman–Crippen MR) is 169 cm³/mol. The van der Waals surface area contributed by atoms with Crippen LogP contribution in [0.2, 0.25) is 5.02 Å². The van der Waals surface area contributed by atoms with E-state index in [0.29, 0.717) is 5.02 Å². The van der Waals surface area contributed by atoms with Gasteiger partial charge in [0.05, 0.1) is 16.8 Å². The summed E-state index contributed by atoms with van der Waals surface area (Å²) >= 11 is 8.01. The third-order valence-corrected chi connectivity index (χ3v) is 9.75. The second kappa shape index (κ2) is 14.1. The Morgan fingerprint density at radius 1 is 1.07 bits per heavy atom. The topological polar surface area (TPSA) is 73.2 Å². The van der Waals surface area contributed by atoms with Crippen molar-refractivity contribution in [2.24, 2.45) is 5.41 Å². The van der Waals surface area contributed by atoms with E-state index in [1.807, 2.05) is 80.2 Å². The number of aryl methyl sites for hydroxylation is 1. The Hall–Kier alpha value is -2.12. The molecule has 1 aromatic heterocycles. The number of nitrogens with zero attached hydrogens (tertiary/aromatic N) is 1. The number of hydrogen-bond donors (Lipinski definition) is 1. The maximum absolute atomic E-state index is 11.4. The van der Waals surface area contributed by atoms with Gasteiger partial charge in [-0.2, -0.15) is 11.8 Å². The molecule has 0 amide bonds. The smallest absolute Gasteiger partial charge is 0.550 e. The standard InChI is InChI=1S/C35H36ClNO3S.Na/c1-34(2,40)30-9-4-3-7-25(30)13-17-32(41-23-35(18-19-35)22-33(38)39)27-8-5-6-24(20-27)10-15-29-16-12-26-11-14-28(36)21-31(26)37-29;/h3-12,14-16,20-21,32,40H,13,17-19,22-23H2,1-2H3,(H,38,39);/q;+1/p-1/b15-10+;/t32-;/m0./s1. The molecule has 0 radical (unpaired) electrons. The number of carboxylic acid groups (broad SMARTS) is 1. The minimum Gasteiger partial charge on any atom is -0.550 e. The molecule has 1 heterocycles. The fourth-order valence-electron chi connectivity index (χ4n) is 5.34. The average Bonchev–Trinajstić information content (AvgIpc) is 3.70. The van der Waals surface area contributed by atoms with Crippen LogP contribution in [0.25, 0.3) is 23.1 Å². The molecule has 0 aliphatic heterocycles. The third kappa shape index (κ3) is 8.72. The van der Waals surface area contributed by atoms with Gasteiger partial charge in [-0.3, -0.25) is 0 Å². The van der Waals surface area contributed by atoms with Crippen LogP contribution in [0.3, 0.4) is 0 Å². The number of aliphatic hydroxyl groups is 1. The molecule has 42 heavy (non-hydrogen) atoms. The van der Waals surface area contributed by atoms with Gasteiger partial charge in [0.25, 0.3) is 0 Å². The van der Waals surface area contributed by atoms with E-state index in [1.54, 1.807) is 0 Å². The molecule has 1 atom stereocenters. The number of aliphatic carboxylic acids is 1. The van der Waals surface area contributed by atoms with Gasteiger partial charge in [0.2, 0.25) is 0 Å². The normalized spacial score (nSPS) is 15.0. The minimum absolute atomic E-state index is 0. The Bertz CT molecular complexity index is 1580. The molecule has 4 aromatic rings. The molecule has 1 fully saturated rings. The number of hydrogen-bond acceptors (Lipinski definition) is 5. The van der Waals surface area contributed by atoms with Crippen LogP contribution in [-0.2, 0) is 16.8 Å². The van der Waals surface area contributed by atoms with E-state index < -0.39 is 11.6 Å². The van der Waals surface area contributed by atoms with Gasteiger partial charge in [0.1, 0.15) is 0 Å². The van der Waals surface area contributed by atoms with E-state index in [-0.39, 0.29) is 46.6 Å². The number of rotatable bonds is 12. The first-order valence-corrected chi connectivity index (χ1v) is 15.5. The van der Waals surface area contributed by atoms with Crippen LogP contribution in [0.15, 0.2) is 78.9 Å². The van der Waals surface area contributed by atoms with Gasteiger partial charge >= 0.3 is 29.6 Å². The Morgan fingerprint density at radius 3 is 2.57 bits per heavy atom. The van der Waals surface area contributed by atoms with Crippen molar-refractivity contribution >= 4 is 52.4 Å². The number of thioether (sulfide) groups is 1. The fraction of sp³-hybridized carbons (Fsp3) is 0.314. The van der Waals surface area contributed by atoms with Gasteiger partial charge in [-0.05, 0) is 104 Å². The van der Waals surface area contributed by atoms with Gasteiger partial charge in [-0.1, -0.05) is 78.3 Å². The van der Waals surface area contributed by atoms with Crippen LogP contribution in [0, 0.1) is 5.41 Å². The zero-order valence-corrected chi connectivity index (χ0v) is 28.0. The Morgan fingerprint density at radius 2 is 1.83 bits per heavy atom. The van der Waals surface area contributed by atoms with Gasteiger partial charge < -0.3 is 15.0 Å². The second-order valence-electron chi connectivity index (χ2n) is 11.7. The molecule has 1 N–H and O–H groups in total. The number of halogens is 1. The molecule has 4 nitrogen and oxygen atoms in total. The maximum Gasteiger partial charge on any atom is 1.00 e. The summed E-state index contributed by atoms with van der Waals surface area (Å²) in [5, 5.41) is 24.0. The Labute approximate surface area is 279 Å². The van der Waals surface area contributed by atoms with Crippen molar-refractivity contribution in [2.45, 2.75) is 56.8 Å². The molecular formula is C35H35ClNNaO3S. The monoisotopic (exact) mass is 607 g/mol. The van der Waals surface area contributed by atoms with E-state index in [2.05, 4.69) is 36.4 Å². The molecule has 1 aliphatic rings. The summed E-state index contributed by atoms with van der Waals surface area (Å²) in [6.07, 6.45) is 7.78. The zero-order chi connectivity index (χ0) is 29.0. The molecule has 3 aromatic carbocycles. The van der Waals surface area contributed by atoms with Crippen molar-refractivity contribution in [1.82, 2.24) is 4.98 Å². The van der Waals surface area contributed by atoms with Gasteiger partial charge in [0.15, 0.2) is 0 Å². The van der Waals surface area contributed by atoms with E-state index in [0.717, 1.165) is 64.7 Å². The number of fused-ring (bicyclic) bond motifs is 1. The summed E-state index contributed by atoms with van der Waals surface area (Å²) in [6.45, 7) is 3.65. The summed E-state index contributed by atoms with van der Waals surface area (Å²) in [5.74, 6) is -0.168. The number of benzene rings is 3. The Kier molecular flexibility index (Phi) is 11.0. The van der Waals surface area contributed by atoms with Crippen molar-refractivity contribution in [3.63, 3.8) is 0 Å². The van der Waals surface area contributed by atoms with Crippen molar-refractivity contribution in [2.75, 3.05) is 5.75 Å². The van der Waals surface area contributed by atoms with Gasteiger partial charge in [-0.15, -0.1) is 0 Å². The molecule has 0 saturated heterocycles. The molecule has 1 saturated carbocycles. The first-order chi connectivity index (χ1) is 19.6.